The second-order valence-electron chi connectivity index (χ2n) is 5.79. The Balaban J connectivity index is 1.72. The maximum atomic E-state index is 12.5. The average Bonchev–Trinajstić information content (AvgIpc) is 2.99. The third kappa shape index (κ3) is 2.86. The van der Waals surface area contributed by atoms with Gasteiger partial charge in [0.05, 0.1) is 6.33 Å². The average molecular weight is 298 g/mol. The lowest BCUT2D eigenvalue weighted by Gasteiger charge is -2.37. The number of benzene rings is 1. The van der Waals surface area contributed by atoms with E-state index in [2.05, 4.69) is 20.6 Å². The van der Waals surface area contributed by atoms with Crippen molar-refractivity contribution in [1.82, 2.24) is 20.6 Å². The van der Waals surface area contributed by atoms with E-state index in [4.69, 9.17) is 0 Å². The Morgan fingerprint density at radius 1 is 1.23 bits per heavy atom. The van der Waals surface area contributed by atoms with Gasteiger partial charge in [-0.2, -0.15) is 0 Å². The zero-order valence-corrected chi connectivity index (χ0v) is 12.3. The summed E-state index contributed by atoms with van der Waals surface area (Å²) < 4.78 is 0. The molecule has 2 unspecified atom stereocenters. The SMILES string of the molecule is CC1(Cc2ccccc2)NC(=O)C(Cc2cnc[nH]2)NC1=O. The van der Waals surface area contributed by atoms with Gasteiger partial charge in [0, 0.05) is 24.7 Å². The Kier molecular flexibility index (Phi) is 3.66. The van der Waals surface area contributed by atoms with Crippen LogP contribution in [0.25, 0.3) is 0 Å². The Bertz CT molecular complexity index is 669. The molecule has 3 N–H and O–H groups in total. The van der Waals surface area contributed by atoms with Crippen LogP contribution in [0.4, 0.5) is 0 Å². The Morgan fingerprint density at radius 3 is 2.68 bits per heavy atom. The third-order valence-corrected chi connectivity index (χ3v) is 3.90. The predicted octanol–water partition coefficient (Wildman–Crippen LogP) is 0.568. The summed E-state index contributed by atoms with van der Waals surface area (Å²) in [5.41, 5.74) is 0.891. The molecule has 6 heteroatoms. The van der Waals surface area contributed by atoms with E-state index in [0.29, 0.717) is 12.8 Å². The number of rotatable bonds is 4. The molecule has 1 aliphatic rings. The van der Waals surface area contributed by atoms with Crippen LogP contribution in [0.2, 0.25) is 0 Å². The summed E-state index contributed by atoms with van der Waals surface area (Å²) in [7, 11) is 0. The number of imidazole rings is 1. The molecule has 0 bridgehead atoms. The molecule has 114 valence electrons. The van der Waals surface area contributed by atoms with E-state index in [0.717, 1.165) is 11.3 Å². The number of nitrogens with zero attached hydrogens (tertiary/aromatic N) is 1. The molecule has 0 spiro atoms. The number of hydrogen-bond donors (Lipinski definition) is 3. The molecule has 2 heterocycles. The number of nitrogens with one attached hydrogen (secondary N) is 3. The topological polar surface area (TPSA) is 86.9 Å². The van der Waals surface area contributed by atoms with Crippen molar-refractivity contribution in [1.29, 1.82) is 0 Å². The number of H-pyrrole nitrogens is 1. The smallest absolute Gasteiger partial charge is 0.246 e. The number of amides is 2. The van der Waals surface area contributed by atoms with E-state index in [1.165, 1.54) is 0 Å². The summed E-state index contributed by atoms with van der Waals surface area (Å²) >= 11 is 0. The third-order valence-electron chi connectivity index (χ3n) is 3.90. The van der Waals surface area contributed by atoms with Crippen LogP contribution in [-0.4, -0.2) is 33.4 Å². The van der Waals surface area contributed by atoms with Gasteiger partial charge in [-0.3, -0.25) is 9.59 Å². The van der Waals surface area contributed by atoms with Gasteiger partial charge in [-0.15, -0.1) is 0 Å². The van der Waals surface area contributed by atoms with Crippen LogP contribution in [0.1, 0.15) is 18.2 Å². The molecule has 2 aromatic rings. The van der Waals surface area contributed by atoms with Crippen LogP contribution in [-0.2, 0) is 22.4 Å². The number of aromatic nitrogens is 2. The molecule has 0 saturated carbocycles. The first-order valence-electron chi connectivity index (χ1n) is 7.21. The van der Waals surface area contributed by atoms with Gasteiger partial charge >= 0.3 is 0 Å². The summed E-state index contributed by atoms with van der Waals surface area (Å²) in [6.45, 7) is 1.75. The molecule has 6 nitrogen and oxygen atoms in total. The molecular weight excluding hydrogens is 280 g/mol. The summed E-state index contributed by atoms with van der Waals surface area (Å²) in [6, 6.07) is 9.08. The van der Waals surface area contributed by atoms with Crippen LogP contribution < -0.4 is 10.6 Å². The van der Waals surface area contributed by atoms with Gasteiger partial charge in [-0.25, -0.2) is 4.98 Å². The Morgan fingerprint density at radius 2 is 2.00 bits per heavy atom. The summed E-state index contributed by atoms with van der Waals surface area (Å²) in [4.78, 5) is 31.6. The van der Waals surface area contributed by atoms with Crippen LogP contribution in [0.15, 0.2) is 42.9 Å². The van der Waals surface area contributed by atoms with Gasteiger partial charge in [0.15, 0.2) is 0 Å². The summed E-state index contributed by atoms with van der Waals surface area (Å²) in [5.74, 6) is -0.340. The van der Waals surface area contributed by atoms with Crippen molar-refractivity contribution in [2.75, 3.05) is 0 Å². The summed E-state index contributed by atoms with van der Waals surface area (Å²) in [6.07, 6.45) is 4.07. The van der Waals surface area contributed by atoms with Crippen LogP contribution in [0.5, 0.6) is 0 Å². The molecule has 2 amide bonds. The fourth-order valence-corrected chi connectivity index (χ4v) is 2.69. The van der Waals surface area contributed by atoms with Crippen molar-refractivity contribution in [3.63, 3.8) is 0 Å². The highest BCUT2D eigenvalue weighted by Crippen LogP contribution is 2.18. The van der Waals surface area contributed by atoms with E-state index in [1.54, 1.807) is 19.4 Å². The Hall–Kier alpha value is -2.63. The fraction of sp³-hybridized carbons (Fsp3) is 0.312. The first kappa shape index (κ1) is 14.3. The molecule has 0 aliphatic carbocycles. The van der Waals surface area contributed by atoms with Crippen molar-refractivity contribution >= 4 is 11.8 Å². The number of carbonyl (C=O) groups excluding carboxylic acids is 2. The zero-order chi connectivity index (χ0) is 15.6. The minimum absolute atomic E-state index is 0.166. The molecule has 2 atom stereocenters. The van der Waals surface area contributed by atoms with Gasteiger partial charge in [0.25, 0.3) is 0 Å². The van der Waals surface area contributed by atoms with Gasteiger partial charge in [-0.1, -0.05) is 30.3 Å². The van der Waals surface area contributed by atoms with Crippen molar-refractivity contribution in [3.05, 3.63) is 54.1 Å². The fourth-order valence-electron chi connectivity index (χ4n) is 2.69. The van der Waals surface area contributed by atoms with Crippen LogP contribution >= 0.6 is 0 Å². The van der Waals surface area contributed by atoms with E-state index in [-0.39, 0.29) is 11.8 Å². The molecule has 3 rings (SSSR count). The molecule has 1 aromatic carbocycles. The zero-order valence-electron chi connectivity index (χ0n) is 12.3. The highest BCUT2D eigenvalue weighted by Gasteiger charge is 2.42. The normalized spacial score (nSPS) is 24.7. The van der Waals surface area contributed by atoms with Crippen molar-refractivity contribution in [2.24, 2.45) is 0 Å². The maximum Gasteiger partial charge on any atom is 0.246 e. The van der Waals surface area contributed by atoms with Crippen LogP contribution in [0, 0.1) is 0 Å². The standard InChI is InChI=1S/C16H18N4O2/c1-16(8-11-5-3-2-4-6-11)15(22)19-13(14(21)20-16)7-12-9-17-10-18-12/h2-6,9-10,13H,7-8H2,1H3,(H,17,18)(H,19,22)(H,20,21). The maximum absolute atomic E-state index is 12.5. The van der Waals surface area contributed by atoms with E-state index < -0.39 is 11.6 Å². The first-order valence-corrected chi connectivity index (χ1v) is 7.21. The second-order valence-corrected chi connectivity index (χ2v) is 5.79. The van der Waals surface area contributed by atoms with E-state index in [1.807, 2.05) is 30.3 Å². The monoisotopic (exact) mass is 298 g/mol. The lowest BCUT2D eigenvalue weighted by Crippen LogP contribution is -2.69. The quantitative estimate of drug-likeness (QED) is 0.771. The lowest BCUT2D eigenvalue weighted by atomic mass is 9.88. The van der Waals surface area contributed by atoms with Gasteiger partial charge in [0.1, 0.15) is 11.6 Å². The molecule has 1 aliphatic heterocycles. The number of carbonyl (C=O) groups is 2. The molecule has 1 aromatic heterocycles. The van der Waals surface area contributed by atoms with Gasteiger partial charge in [0.2, 0.25) is 11.8 Å². The second kappa shape index (κ2) is 5.63. The molecule has 0 radical (unpaired) electrons. The molecular formula is C16H18N4O2. The summed E-state index contributed by atoms with van der Waals surface area (Å²) in [5, 5.41) is 5.68. The number of aromatic amines is 1. The molecule has 22 heavy (non-hydrogen) atoms. The van der Waals surface area contributed by atoms with E-state index in [9.17, 15) is 9.59 Å². The highest BCUT2D eigenvalue weighted by atomic mass is 16.2. The highest BCUT2D eigenvalue weighted by molar-refractivity contribution is 5.99. The van der Waals surface area contributed by atoms with Crippen molar-refractivity contribution in [2.45, 2.75) is 31.3 Å². The molecule has 1 fully saturated rings. The predicted molar refractivity (Wildman–Crippen MR) is 80.9 cm³/mol. The van der Waals surface area contributed by atoms with Crippen molar-refractivity contribution < 1.29 is 9.59 Å². The van der Waals surface area contributed by atoms with Gasteiger partial charge in [-0.05, 0) is 12.5 Å². The Labute approximate surface area is 128 Å². The number of piperazine rings is 1. The minimum atomic E-state index is -0.928. The largest absolute Gasteiger partial charge is 0.348 e. The van der Waals surface area contributed by atoms with Crippen molar-refractivity contribution in [3.8, 4) is 0 Å². The van der Waals surface area contributed by atoms with Crippen LogP contribution in [0.3, 0.4) is 0 Å². The lowest BCUT2D eigenvalue weighted by molar-refractivity contribution is -0.140. The van der Waals surface area contributed by atoms with E-state index >= 15 is 0 Å². The first-order chi connectivity index (χ1) is 10.6. The van der Waals surface area contributed by atoms with Gasteiger partial charge < -0.3 is 15.6 Å². The minimum Gasteiger partial charge on any atom is -0.348 e. The molecule has 1 saturated heterocycles. The number of hydrogen-bond acceptors (Lipinski definition) is 3.